The van der Waals surface area contributed by atoms with Crippen LogP contribution in [0.4, 0.5) is 0 Å². The van der Waals surface area contributed by atoms with Crippen LogP contribution in [0, 0.1) is 6.92 Å². The maximum Gasteiger partial charge on any atom is 0.227 e. The molecule has 0 atom stereocenters. The van der Waals surface area contributed by atoms with E-state index >= 15 is 0 Å². The number of rotatable bonds is 9. The monoisotopic (exact) mass is 448 g/mol. The minimum absolute atomic E-state index is 0.236. The molecule has 0 N–H and O–H groups in total. The molecule has 33 heavy (non-hydrogen) atoms. The molecule has 0 saturated carbocycles. The number of carbonyl (C=O) groups is 1. The number of amides is 1. The zero-order valence-electron chi connectivity index (χ0n) is 19.5. The molecule has 0 unspecified atom stereocenters. The first-order valence-electron chi connectivity index (χ1n) is 11.6. The Morgan fingerprint density at radius 3 is 2.42 bits per heavy atom. The second kappa shape index (κ2) is 11.1. The first-order chi connectivity index (χ1) is 16.1. The molecule has 2 heterocycles. The van der Waals surface area contributed by atoms with Gasteiger partial charge in [0.1, 0.15) is 5.75 Å². The Balaban J connectivity index is 1.14. The zero-order valence-corrected chi connectivity index (χ0v) is 19.5. The molecule has 0 bridgehead atoms. The van der Waals surface area contributed by atoms with Crippen molar-refractivity contribution in [2.75, 3.05) is 39.8 Å². The second-order valence-corrected chi connectivity index (χ2v) is 8.55. The van der Waals surface area contributed by atoms with Crippen molar-refractivity contribution >= 4 is 5.91 Å². The summed E-state index contributed by atoms with van der Waals surface area (Å²) in [6.07, 6.45) is 3.03. The van der Waals surface area contributed by atoms with Gasteiger partial charge in [-0.1, -0.05) is 47.1 Å². The summed E-state index contributed by atoms with van der Waals surface area (Å²) >= 11 is 0. The predicted molar refractivity (Wildman–Crippen MR) is 127 cm³/mol. The Kier molecular flexibility index (Phi) is 7.73. The van der Waals surface area contributed by atoms with Crippen LogP contribution in [0.15, 0.2) is 53.1 Å². The third-order valence-corrected chi connectivity index (χ3v) is 6.15. The van der Waals surface area contributed by atoms with Gasteiger partial charge in [0, 0.05) is 44.6 Å². The summed E-state index contributed by atoms with van der Waals surface area (Å²) < 4.78 is 10.6. The van der Waals surface area contributed by atoms with Crippen molar-refractivity contribution in [3.8, 4) is 17.1 Å². The van der Waals surface area contributed by atoms with Gasteiger partial charge >= 0.3 is 0 Å². The van der Waals surface area contributed by atoms with Crippen LogP contribution in [-0.2, 0) is 17.6 Å². The molecule has 2 aromatic carbocycles. The highest BCUT2D eigenvalue weighted by Crippen LogP contribution is 2.17. The lowest BCUT2D eigenvalue weighted by Crippen LogP contribution is -2.48. The molecule has 1 saturated heterocycles. The van der Waals surface area contributed by atoms with E-state index < -0.39 is 0 Å². The number of hydrogen-bond donors (Lipinski definition) is 0. The first kappa shape index (κ1) is 23.0. The Bertz CT molecular complexity index is 1020. The number of benzene rings is 2. The standard InChI is InChI=1S/C26H32N4O3/c1-20-5-10-22(11-6-20)26-27-24(33-28-26)4-3-15-29-16-18-30(19-17-29)25(31)14-9-21-7-12-23(32-2)13-8-21/h5-8,10-13H,3-4,9,14-19H2,1-2H3. The summed E-state index contributed by atoms with van der Waals surface area (Å²) in [5.74, 6) is 2.40. The highest BCUT2D eigenvalue weighted by Gasteiger charge is 2.20. The van der Waals surface area contributed by atoms with Crippen molar-refractivity contribution in [2.24, 2.45) is 0 Å². The van der Waals surface area contributed by atoms with Crippen LogP contribution in [-0.4, -0.2) is 65.7 Å². The molecule has 174 valence electrons. The van der Waals surface area contributed by atoms with Crippen LogP contribution in [0.3, 0.4) is 0 Å². The SMILES string of the molecule is COc1ccc(CCC(=O)N2CCN(CCCc3nc(-c4ccc(C)cc4)no3)CC2)cc1. The normalized spacial score (nSPS) is 14.4. The fourth-order valence-corrected chi connectivity index (χ4v) is 4.05. The molecule has 1 aliphatic heterocycles. The van der Waals surface area contributed by atoms with Gasteiger partial charge in [-0.25, -0.2) is 0 Å². The summed E-state index contributed by atoms with van der Waals surface area (Å²) in [6.45, 7) is 6.43. The lowest BCUT2D eigenvalue weighted by atomic mass is 10.1. The first-order valence-corrected chi connectivity index (χ1v) is 11.6. The number of hydrogen-bond acceptors (Lipinski definition) is 6. The molecule has 1 fully saturated rings. The number of piperazine rings is 1. The Hall–Kier alpha value is -3.19. The van der Waals surface area contributed by atoms with Crippen molar-refractivity contribution in [1.29, 1.82) is 0 Å². The highest BCUT2D eigenvalue weighted by atomic mass is 16.5. The van der Waals surface area contributed by atoms with Gasteiger partial charge in [0.25, 0.3) is 0 Å². The third kappa shape index (κ3) is 6.42. The summed E-state index contributed by atoms with van der Waals surface area (Å²) in [7, 11) is 1.66. The Morgan fingerprint density at radius 1 is 1.00 bits per heavy atom. The molecule has 7 heteroatoms. The van der Waals surface area contributed by atoms with Gasteiger partial charge in [-0.2, -0.15) is 4.98 Å². The van der Waals surface area contributed by atoms with Crippen LogP contribution in [0.5, 0.6) is 5.75 Å². The van der Waals surface area contributed by atoms with Gasteiger partial charge in [0.15, 0.2) is 0 Å². The molecule has 0 aliphatic carbocycles. The largest absolute Gasteiger partial charge is 0.497 e. The lowest BCUT2D eigenvalue weighted by molar-refractivity contribution is -0.132. The molecule has 1 aromatic heterocycles. The maximum absolute atomic E-state index is 12.6. The van der Waals surface area contributed by atoms with Crippen LogP contribution in [0.25, 0.3) is 11.4 Å². The van der Waals surface area contributed by atoms with Crippen LogP contribution in [0.2, 0.25) is 0 Å². The number of ether oxygens (including phenoxy) is 1. The number of carbonyl (C=O) groups excluding carboxylic acids is 1. The van der Waals surface area contributed by atoms with E-state index in [4.69, 9.17) is 9.26 Å². The summed E-state index contributed by atoms with van der Waals surface area (Å²) in [6, 6.07) is 16.1. The van der Waals surface area contributed by atoms with Crippen molar-refractivity contribution in [1.82, 2.24) is 19.9 Å². The summed E-state index contributed by atoms with van der Waals surface area (Å²) in [5, 5.41) is 4.11. The molecular weight excluding hydrogens is 416 g/mol. The highest BCUT2D eigenvalue weighted by molar-refractivity contribution is 5.76. The molecule has 1 amide bonds. The van der Waals surface area contributed by atoms with Crippen LogP contribution < -0.4 is 4.74 Å². The average molecular weight is 449 g/mol. The smallest absolute Gasteiger partial charge is 0.227 e. The predicted octanol–water partition coefficient (Wildman–Crippen LogP) is 3.76. The number of nitrogens with zero attached hydrogens (tertiary/aromatic N) is 4. The fourth-order valence-electron chi connectivity index (χ4n) is 4.05. The van der Waals surface area contributed by atoms with Crippen molar-refractivity contribution in [2.45, 2.75) is 32.6 Å². The van der Waals surface area contributed by atoms with Gasteiger partial charge < -0.3 is 14.2 Å². The molecular formula is C26H32N4O3. The maximum atomic E-state index is 12.6. The van der Waals surface area contributed by atoms with E-state index in [2.05, 4.69) is 34.1 Å². The zero-order chi connectivity index (χ0) is 23.0. The van der Waals surface area contributed by atoms with E-state index in [0.29, 0.717) is 18.1 Å². The van der Waals surface area contributed by atoms with E-state index in [1.165, 1.54) is 5.56 Å². The van der Waals surface area contributed by atoms with Gasteiger partial charge in [-0.3, -0.25) is 9.69 Å². The van der Waals surface area contributed by atoms with Gasteiger partial charge in [-0.15, -0.1) is 0 Å². The van der Waals surface area contributed by atoms with E-state index in [1.807, 2.05) is 41.3 Å². The number of methoxy groups -OCH3 is 1. The summed E-state index contributed by atoms with van der Waals surface area (Å²) in [4.78, 5) is 21.5. The van der Waals surface area contributed by atoms with E-state index in [9.17, 15) is 4.79 Å². The molecule has 0 spiro atoms. The minimum Gasteiger partial charge on any atom is -0.497 e. The molecule has 4 rings (SSSR count). The van der Waals surface area contributed by atoms with Gasteiger partial charge in [-0.05, 0) is 44.0 Å². The van der Waals surface area contributed by atoms with Crippen LogP contribution >= 0.6 is 0 Å². The average Bonchev–Trinajstić information content (AvgIpc) is 3.32. The van der Waals surface area contributed by atoms with Gasteiger partial charge in [0.05, 0.1) is 7.11 Å². The Morgan fingerprint density at radius 2 is 1.73 bits per heavy atom. The van der Waals surface area contributed by atoms with Crippen molar-refractivity contribution < 1.29 is 14.1 Å². The lowest BCUT2D eigenvalue weighted by Gasteiger charge is -2.34. The van der Waals surface area contributed by atoms with E-state index in [0.717, 1.165) is 68.9 Å². The van der Waals surface area contributed by atoms with Crippen LogP contribution in [0.1, 0.15) is 29.9 Å². The summed E-state index contributed by atoms with van der Waals surface area (Å²) in [5.41, 5.74) is 3.35. The minimum atomic E-state index is 0.236. The van der Waals surface area contributed by atoms with Gasteiger partial charge in [0.2, 0.25) is 17.6 Å². The Labute approximate surface area is 195 Å². The number of aryl methyl sites for hydroxylation is 3. The molecule has 3 aromatic rings. The molecule has 0 radical (unpaired) electrons. The number of aromatic nitrogens is 2. The molecule has 7 nitrogen and oxygen atoms in total. The molecule has 1 aliphatic rings. The second-order valence-electron chi connectivity index (χ2n) is 8.55. The van der Waals surface area contributed by atoms with E-state index in [-0.39, 0.29) is 5.91 Å². The topological polar surface area (TPSA) is 71.7 Å². The van der Waals surface area contributed by atoms with E-state index in [1.54, 1.807) is 7.11 Å². The van der Waals surface area contributed by atoms with Crippen molar-refractivity contribution in [3.63, 3.8) is 0 Å². The third-order valence-electron chi connectivity index (χ3n) is 6.15. The fraction of sp³-hybridized carbons (Fsp3) is 0.423. The van der Waals surface area contributed by atoms with Crippen molar-refractivity contribution in [3.05, 3.63) is 65.5 Å². The quantitative estimate of drug-likeness (QED) is 0.496.